The first-order chi connectivity index (χ1) is 8.79. The van der Waals surface area contributed by atoms with Crippen LogP contribution in [0.25, 0.3) is 0 Å². The van der Waals surface area contributed by atoms with Crippen molar-refractivity contribution in [3.63, 3.8) is 0 Å². The Kier molecular flexibility index (Phi) is 4.35. The SMILES string of the molecule is OCC#Cc1ccc(COc2ccccc2F)s1. The number of aliphatic hydroxyl groups is 1. The summed E-state index contributed by atoms with van der Waals surface area (Å²) < 4.78 is 18.7. The third-order valence-corrected chi connectivity index (χ3v) is 3.13. The Labute approximate surface area is 109 Å². The van der Waals surface area contributed by atoms with Crippen molar-refractivity contribution in [2.24, 2.45) is 0 Å². The lowest BCUT2D eigenvalue weighted by Gasteiger charge is -2.04. The molecule has 1 aromatic carbocycles. The molecule has 1 heterocycles. The van der Waals surface area contributed by atoms with Crippen molar-refractivity contribution in [2.45, 2.75) is 6.61 Å². The zero-order valence-electron chi connectivity index (χ0n) is 9.52. The molecule has 0 atom stereocenters. The van der Waals surface area contributed by atoms with Gasteiger partial charge in [-0.1, -0.05) is 24.0 Å². The summed E-state index contributed by atoms with van der Waals surface area (Å²) in [5.41, 5.74) is 0. The van der Waals surface area contributed by atoms with Gasteiger partial charge in [0.15, 0.2) is 11.6 Å². The predicted molar refractivity (Wildman–Crippen MR) is 69.0 cm³/mol. The largest absolute Gasteiger partial charge is 0.485 e. The maximum Gasteiger partial charge on any atom is 0.165 e. The molecule has 0 fully saturated rings. The van der Waals surface area contributed by atoms with Gasteiger partial charge >= 0.3 is 0 Å². The number of ether oxygens (including phenoxy) is 1. The van der Waals surface area contributed by atoms with E-state index in [0.717, 1.165) is 9.75 Å². The molecule has 0 aliphatic heterocycles. The lowest BCUT2D eigenvalue weighted by molar-refractivity contribution is 0.293. The second kappa shape index (κ2) is 6.20. The lowest BCUT2D eigenvalue weighted by Crippen LogP contribution is -1.94. The highest BCUT2D eigenvalue weighted by Gasteiger charge is 2.03. The predicted octanol–water partition coefficient (Wildman–Crippen LogP) is 2.81. The van der Waals surface area contributed by atoms with Gasteiger partial charge in [0.1, 0.15) is 13.2 Å². The summed E-state index contributed by atoms with van der Waals surface area (Å²) in [6.45, 7) is 0.158. The summed E-state index contributed by atoms with van der Waals surface area (Å²) in [4.78, 5) is 1.82. The fourth-order valence-electron chi connectivity index (χ4n) is 1.36. The van der Waals surface area contributed by atoms with Gasteiger partial charge in [-0.15, -0.1) is 11.3 Å². The first kappa shape index (κ1) is 12.6. The molecule has 2 rings (SSSR count). The molecular formula is C14H11FO2S. The number of thiophene rings is 1. The van der Waals surface area contributed by atoms with Gasteiger partial charge in [-0.25, -0.2) is 4.39 Å². The van der Waals surface area contributed by atoms with E-state index < -0.39 is 0 Å². The number of halogens is 1. The Hall–Kier alpha value is -1.83. The minimum Gasteiger partial charge on any atom is -0.485 e. The number of hydrogen-bond acceptors (Lipinski definition) is 3. The molecule has 1 N–H and O–H groups in total. The summed E-state index contributed by atoms with van der Waals surface area (Å²) in [5.74, 6) is 5.27. The molecule has 0 aliphatic carbocycles. The molecule has 0 radical (unpaired) electrons. The van der Waals surface area contributed by atoms with Crippen LogP contribution in [0.4, 0.5) is 4.39 Å². The van der Waals surface area contributed by atoms with Crippen molar-refractivity contribution < 1.29 is 14.2 Å². The minimum absolute atomic E-state index is 0.154. The number of benzene rings is 1. The van der Waals surface area contributed by atoms with Crippen molar-refractivity contribution in [2.75, 3.05) is 6.61 Å². The Morgan fingerprint density at radius 2 is 2.06 bits per heavy atom. The van der Waals surface area contributed by atoms with Gasteiger partial charge in [-0.05, 0) is 24.3 Å². The van der Waals surface area contributed by atoms with E-state index in [1.165, 1.54) is 17.4 Å². The van der Waals surface area contributed by atoms with Crippen LogP contribution in [-0.2, 0) is 6.61 Å². The molecule has 92 valence electrons. The van der Waals surface area contributed by atoms with Gasteiger partial charge in [0.05, 0.1) is 4.88 Å². The van der Waals surface area contributed by atoms with Gasteiger partial charge < -0.3 is 9.84 Å². The summed E-state index contributed by atoms with van der Waals surface area (Å²) in [6, 6.07) is 10.0. The van der Waals surface area contributed by atoms with Crippen LogP contribution in [0.5, 0.6) is 5.75 Å². The number of rotatable bonds is 3. The van der Waals surface area contributed by atoms with Crippen LogP contribution >= 0.6 is 11.3 Å². The van der Waals surface area contributed by atoms with E-state index >= 15 is 0 Å². The first-order valence-corrected chi connectivity index (χ1v) is 6.17. The second-order valence-electron chi connectivity index (χ2n) is 3.44. The van der Waals surface area contributed by atoms with E-state index in [0.29, 0.717) is 6.61 Å². The summed E-state index contributed by atoms with van der Waals surface area (Å²) in [5, 5.41) is 8.58. The fraction of sp³-hybridized carbons (Fsp3) is 0.143. The lowest BCUT2D eigenvalue weighted by atomic mass is 10.3. The molecule has 2 aromatic rings. The van der Waals surface area contributed by atoms with Gasteiger partial charge in [-0.2, -0.15) is 0 Å². The highest BCUT2D eigenvalue weighted by molar-refractivity contribution is 7.12. The van der Waals surface area contributed by atoms with Crippen molar-refractivity contribution >= 4 is 11.3 Å². The second-order valence-corrected chi connectivity index (χ2v) is 4.61. The molecule has 0 amide bonds. The average molecular weight is 262 g/mol. The van der Waals surface area contributed by atoms with E-state index in [4.69, 9.17) is 9.84 Å². The van der Waals surface area contributed by atoms with Crippen LogP contribution in [0.2, 0.25) is 0 Å². The molecule has 0 unspecified atom stereocenters. The van der Waals surface area contributed by atoms with E-state index in [1.807, 2.05) is 12.1 Å². The molecule has 1 aromatic heterocycles. The van der Waals surface area contributed by atoms with Crippen LogP contribution in [0.1, 0.15) is 9.75 Å². The van der Waals surface area contributed by atoms with E-state index in [-0.39, 0.29) is 18.2 Å². The quantitative estimate of drug-likeness (QED) is 0.862. The Morgan fingerprint density at radius 1 is 1.22 bits per heavy atom. The van der Waals surface area contributed by atoms with E-state index in [9.17, 15) is 4.39 Å². The summed E-state index contributed by atoms with van der Waals surface area (Å²) >= 11 is 1.47. The highest BCUT2D eigenvalue weighted by Crippen LogP contribution is 2.20. The van der Waals surface area contributed by atoms with Crippen LogP contribution in [0, 0.1) is 17.7 Å². The zero-order chi connectivity index (χ0) is 12.8. The zero-order valence-corrected chi connectivity index (χ0v) is 10.3. The number of hydrogen-bond donors (Lipinski definition) is 1. The fourth-order valence-corrected chi connectivity index (χ4v) is 2.16. The van der Waals surface area contributed by atoms with Crippen molar-refractivity contribution in [3.05, 3.63) is 52.0 Å². The normalized spacial score (nSPS) is 9.67. The van der Waals surface area contributed by atoms with Crippen LogP contribution in [0.15, 0.2) is 36.4 Å². The minimum atomic E-state index is -0.366. The summed E-state index contributed by atoms with van der Waals surface area (Å²) in [7, 11) is 0. The molecule has 0 spiro atoms. The van der Waals surface area contributed by atoms with E-state index in [1.54, 1.807) is 18.2 Å². The Bertz CT molecular complexity index is 581. The topological polar surface area (TPSA) is 29.5 Å². The molecule has 18 heavy (non-hydrogen) atoms. The highest BCUT2D eigenvalue weighted by atomic mass is 32.1. The molecule has 2 nitrogen and oxygen atoms in total. The van der Waals surface area contributed by atoms with Gasteiger partial charge in [0.25, 0.3) is 0 Å². The number of para-hydroxylation sites is 1. The monoisotopic (exact) mass is 262 g/mol. The van der Waals surface area contributed by atoms with Crippen LogP contribution in [0.3, 0.4) is 0 Å². The standard InChI is InChI=1S/C14H11FO2S/c15-13-5-1-2-6-14(13)17-10-12-8-7-11(18-12)4-3-9-16/h1-2,5-8,16H,9-10H2. The molecule has 0 aliphatic rings. The Balaban J connectivity index is 1.98. The number of aliphatic hydroxyl groups excluding tert-OH is 1. The Morgan fingerprint density at radius 3 is 2.83 bits per heavy atom. The van der Waals surface area contributed by atoms with Crippen molar-refractivity contribution in [3.8, 4) is 17.6 Å². The third kappa shape index (κ3) is 3.33. The average Bonchev–Trinajstić information content (AvgIpc) is 2.83. The van der Waals surface area contributed by atoms with Gasteiger partial charge in [0.2, 0.25) is 0 Å². The smallest absolute Gasteiger partial charge is 0.165 e. The van der Waals surface area contributed by atoms with Gasteiger partial charge in [-0.3, -0.25) is 0 Å². The van der Waals surface area contributed by atoms with E-state index in [2.05, 4.69) is 11.8 Å². The van der Waals surface area contributed by atoms with Gasteiger partial charge in [0, 0.05) is 4.88 Å². The molecule has 0 bridgehead atoms. The van der Waals surface area contributed by atoms with Crippen LogP contribution < -0.4 is 4.74 Å². The molecular weight excluding hydrogens is 251 g/mol. The maximum atomic E-state index is 13.3. The maximum absolute atomic E-state index is 13.3. The molecule has 4 heteroatoms. The van der Waals surface area contributed by atoms with Crippen molar-refractivity contribution in [1.29, 1.82) is 0 Å². The molecule has 0 saturated carbocycles. The first-order valence-electron chi connectivity index (χ1n) is 5.35. The third-order valence-electron chi connectivity index (χ3n) is 2.16. The van der Waals surface area contributed by atoms with Crippen molar-refractivity contribution in [1.82, 2.24) is 0 Å². The van der Waals surface area contributed by atoms with Crippen LogP contribution in [-0.4, -0.2) is 11.7 Å². The summed E-state index contributed by atoms with van der Waals surface area (Å²) in [6.07, 6.45) is 0. The molecule has 0 saturated heterocycles.